The molecule has 0 saturated carbocycles. The molecule has 2 aliphatic heterocycles. The normalized spacial score (nSPS) is 27.5. The molecular weight excluding hydrogens is 190 g/mol. The van der Waals surface area contributed by atoms with Crippen molar-refractivity contribution in [2.24, 2.45) is 0 Å². The lowest BCUT2D eigenvalue weighted by Gasteiger charge is -2.29. The van der Waals surface area contributed by atoms with E-state index in [9.17, 15) is 4.79 Å². The van der Waals surface area contributed by atoms with Gasteiger partial charge in [0.25, 0.3) is 0 Å². The zero-order valence-electron chi connectivity index (χ0n) is 10.5. The molecule has 1 N–H and O–H groups in total. The molecule has 0 aliphatic carbocycles. The van der Waals surface area contributed by atoms with Crippen LogP contribution >= 0.6 is 0 Å². The number of rotatable bonds is 1. The smallest absolute Gasteiger partial charge is 0.223 e. The van der Waals surface area contributed by atoms with Crippen molar-refractivity contribution < 1.29 is 9.90 Å². The number of amides is 1. The molecular formula is C12H25NO2. The van der Waals surface area contributed by atoms with E-state index in [-0.39, 0.29) is 18.1 Å². The highest BCUT2D eigenvalue weighted by Gasteiger charge is 2.47. The Balaban J connectivity index is 0.000000442. The monoisotopic (exact) mass is 215 g/mol. The Morgan fingerprint density at radius 3 is 2.33 bits per heavy atom. The van der Waals surface area contributed by atoms with Gasteiger partial charge < -0.3 is 10.0 Å². The largest absolute Gasteiger partial charge is 0.394 e. The van der Waals surface area contributed by atoms with Gasteiger partial charge in [-0.05, 0) is 19.3 Å². The second-order valence-electron chi connectivity index (χ2n) is 3.53. The number of carbonyl (C=O) groups excluding carboxylic acids is 1. The van der Waals surface area contributed by atoms with Crippen LogP contribution in [0.4, 0.5) is 0 Å². The summed E-state index contributed by atoms with van der Waals surface area (Å²) in [7, 11) is 0. The van der Waals surface area contributed by atoms with Gasteiger partial charge >= 0.3 is 0 Å². The lowest BCUT2D eigenvalue weighted by atomic mass is 9.95. The second kappa shape index (κ2) is 6.83. The lowest BCUT2D eigenvalue weighted by Crippen LogP contribution is -2.43. The van der Waals surface area contributed by atoms with Crippen LogP contribution in [0.25, 0.3) is 0 Å². The average Bonchev–Trinajstić information content (AvgIpc) is 2.86. The minimum Gasteiger partial charge on any atom is -0.394 e. The molecule has 0 bridgehead atoms. The maximum Gasteiger partial charge on any atom is 0.223 e. The Kier molecular flexibility index (Phi) is 6.57. The molecule has 2 saturated heterocycles. The molecule has 2 aliphatic rings. The summed E-state index contributed by atoms with van der Waals surface area (Å²) in [5, 5.41) is 9.15. The fraction of sp³-hybridized carbons (Fsp3) is 0.917. The first kappa shape index (κ1) is 14.4. The van der Waals surface area contributed by atoms with Gasteiger partial charge in [-0.2, -0.15) is 0 Å². The summed E-state index contributed by atoms with van der Waals surface area (Å²) in [5.74, 6) is 0.233. The molecule has 1 atom stereocenters. The minimum atomic E-state index is -0.142. The van der Waals surface area contributed by atoms with Crippen LogP contribution in [0.3, 0.4) is 0 Å². The van der Waals surface area contributed by atoms with E-state index in [0.717, 1.165) is 25.8 Å². The summed E-state index contributed by atoms with van der Waals surface area (Å²) in [5.41, 5.74) is -0.142. The molecule has 0 aromatic rings. The highest BCUT2D eigenvalue weighted by molar-refractivity contribution is 5.80. The van der Waals surface area contributed by atoms with Crippen molar-refractivity contribution in [3.63, 3.8) is 0 Å². The lowest BCUT2D eigenvalue weighted by molar-refractivity contribution is -0.130. The van der Waals surface area contributed by atoms with E-state index in [1.807, 2.05) is 32.6 Å². The summed E-state index contributed by atoms with van der Waals surface area (Å²) >= 11 is 0. The molecule has 0 spiro atoms. The molecule has 2 heterocycles. The van der Waals surface area contributed by atoms with E-state index >= 15 is 0 Å². The van der Waals surface area contributed by atoms with E-state index in [1.54, 1.807) is 0 Å². The summed E-state index contributed by atoms with van der Waals surface area (Å²) in [6.45, 7) is 9.01. The highest BCUT2D eigenvalue weighted by atomic mass is 16.3. The molecule has 90 valence electrons. The van der Waals surface area contributed by atoms with Gasteiger partial charge in [0.1, 0.15) is 0 Å². The molecule has 0 radical (unpaired) electrons. The van der Waals surface area contributed by atoms with Crippen LogP contribution in [0.1, 0.15) is 53.4 Å². The van der Waals surface area contributed by atoms with Crippen LogP contribution in [0.15, 0.2) is 0 Å². The number of carbonyl (C=O) groups is 1. The third-order valence-corrected chi connectivity index (χ3v) is 3.00. The summed E-state index contributed by atoms with van der Waals surface area (Å²) in [6, 6.07) is 0. The molecule has 3 nitrogen and oxygen atoms in total. The van der Waals surface area contributed by atoms with Gasteiger partial charge in [0.2, 0.25) is 5.91 Å². The number of nitrogens with zero attached hydrogens (tertiary/aromatic N) is 1. The SMILES string of the molecule is CC.CC.O=C1CCC2(CO)CCCN12. The van der Waals surface area contributed by atoms with Crippen LogP contribution in [0.5, 0.6) is 0 Å². The third kappa shape index (κ3) is 2.71. The van der Waals surface area contributed by atoms with Crippen LogP contribution in [-0.4, -0.2) is 34.6 Å². The zero-order chi connectivity index (χ0) is 11.9. The molecule has 2 fully saturated rings. The first-order chi connectivity index (χ1) is 7.28. The number of hydrogen-bond acceptors (Lipinski definition) is 2. The summed E-state index contributed by atoms with van der Waals surface area (Å²) < 4.78 is 0. The Bertz CT molecular complexity index is 194. The average molecular weight is 215 g/mol. The fourth-order valence-corrected chi connectivity index (χ4v) is 2.31. The minimum absolute atomic E-state index is 0.142. The molecule has 0 aromatic heterocycles. The van der Waals surface area contributed by atoms with Crippen molar-refractivity contribution in [2.75, 3.05) is 13.2 Å². The standard InChI is InChI=1S/C8H13NO2.2C2H6/c10-6-8-3-1-5-9(8)7(11)2-4-8;2*1-2/h10H,1-6H2;2*1-2H3. The quantitative estimate of drug-likeness (QED) is 0.728. The fourth-order valence-electron chi connectivity index (χ4n) is 2.31. The van der Waals surface area contributed by atoms with E-state index in [1.165, 1.54) is 0 Å². The van der Waals surface area contributed by atoms with Crippen molar-refractivity contribution in [1.29, 1.82) is 0 Å². The van der Waals surface area contributed by atoms with Crippen molar-refractivity contribution >= 4 is 5.91 Å². The van der Waals surface area contributed by atoms with Crippen LogP contribution in [0.2, 0.25) is 0 Å². The molecule has 3 heteroatoms. The topological polar surface area (TPSA) is 40.5 Å². The van der Waals surface area contributed by atoms with Crippen molar-refractivity contribution in [3.8, 4) is 0 Å². The summed E-state index contributed by atoms with van der Waals surface area (Å²) in [6.07, 6.45) is 3.56. The molecule has 1 amide bonds. The van der Waals surface area contributed by atoms with Gasteiger partial charge in [-0.1, -0.05) is 27.7 Å². The van der Waals surface area contributed by atoms with E-state index in [0.29, 0.717) is 6.42 Å². The number of aliphatic hydroxyl groups excluding tert-OH is 1. The van der Waals surface area contributed by atoms with Crippen molar-refractivity contribution in [2.45, 2.75) is 58.9 Å². The van der Waals surface area contributed by atoms with Crippen LogP contribution < -0.4 is 0 Å². The summed E-state index contributed by atoms with van der Waals surface area (Å²) in [4.78, 5) is 13.1. The molecule has 15 heavy (non-hydrogen) atoms. The maximum absolute atomic E-state index is 11.2. The molecule has 1 unspecified atom stereocenters. The predicted octanol–water partition coefficient (Wildman–Crippen LogP) is 2.19. The first-order valence-corrected chi connectivity index (χ1v) is 6.20. The second-order valence-corrected chi connectivity index (χ2v) is 3.53. The van der Waals surface area contributed by atoms with Crippen LogP contribution in [0, 0.1) is 0 Å². The molecule has 0 aromatic carbocycles. The van der Waals surface area contributed by atoms with Crippen LogP contribution in [-0.2, 0) is 4.79 Å². The Morgan fingerprint density at radius 1 is 1.27 bits per heavy atom. The predicted molar refractivity (Wildman–Crippen MR) is 62.7 cm³/mol. The van der Waals surface area contributed by atoms with E-state index < -0.39 is 0 Å². The van der Waals surface area contributed by atoms with E-state index in [2.05, 4.69) is 0 Å². The highest BCUT2D eigenvalue weighted by Crippen LogP contribution is 2.38. The van der Waals surface area contributed by atoms with Gasteiger partial charge in [-0.25, -0.2) is 0 Å². The maximum atomic E-state index is 11.2. The number of aliphatic hydroxyl groups is 1. The molecule has 2 rings (SSSR count). The Hall–Kier alpha value is -0.570. The van der Waals surface area contributed by atoms with Gasteiger partial charge in [-0.15, -0.1) is 0 Å². The first-order valence-electron chi connectivity index (χ1n) is 6.20. The van der Waals surface area contributed by atoms with Gasteiger partial charge in [0.15, 0.2) is 0 Å². The van der Waals surface area contributed by atoms with Crippen molar-refractivity contribution in [3.05, 3.63) is 0 Å². The Labute approximate surface area is 93.5 Å². The van der Waals surface area contributed by atoms with E-state index in [4.69, 9.17) is 5.11 Å². The van der Waals surface area contributed by atoms with Gasteiger partial charge in [0, 0.05) is 13.0 Å². The number of hydrogen-bond donors (Lipinski definition) is 1. The van der Waals surface area contributed by atoms with Gasteiger partial charge in [-0.3, -0.25) is 4.79 Å². The zero-order valence-corrected chi connectivity index (χ0v) is 10.5. The van der Waals surface area contributed by atoms with Gasteiger partial charge in [0.05, 0.1) is 12.1 Å². The third-order valence-electron chi connectivity index (χ3n) is 3.00. The number of fused-ring (bicyclic) bond motifs is 1. The van der Waals surface area contributed by atoms with Crippen molar-refractivity contribution in [1.82, 2.24) is 4.90 Å². The Morgan fingerprint density at radius 2 is 1.87 bits per heavy atom.